The summed E-state index contributed by atoms with van der Waals surface area (Å²) in [6.07, 6.45) is 2.83. The Morgan fingerprint density at radius 2 is 2.11 bits per heavy atom. The van der Waals surface area contributed by atoms with Crippen molar-refractivity contribution in [3.63, 3.8) is 0 Å². The van der Waals surface area contributed by atoms with Crippen LogP contribution < -0.4 is 5.73 Å². The molecule has 96 valence electrons. The highest BCUT2D eigenvalue weighted by Gasteiger charge is 2.17. The van der Waals surface area contributed by atoms with E-state index in [2.05, 4.69) is 36.0 Å². The maximum Gasteiger partial charge on any atom is 0.127 e. The number of nitrogens with zero attached hydrogens (tertiary/aromatic N) is 2. The second-order valence-electron chi connectivity index (χ2n) is 5.09. The smallest absolute Gasteiger partial charge is 0.127 e. The maximum atomic E-state index is 6.27. The van der Waals surface area contributed by atoms with Gasteiger partial charge in [0.2, 0.25) is 0 Å². The third-order valence-electron chi connectivity index (χ3n) is 3.05. The lowest BCUT2D eigenvalue weighted by Gasteiger charge is -2.15. The van der Waals surface area contributed by atoms with E-state index in [1.54, 1.807) is 0 Å². The summed E-state index contributed by atoms with van der Waals surface area (Å²) in [6.45, 7) is 8.93. The number of benzene rings is 1. The second-order valence-corrected chi connectivity index (χ2v) is 5.09. The minimum absolute atomic E-state index is 0.0163. The molecule has 1 unspecified atom stereocenters. The monoisotopic (exact) mass is 243 g/mol. The molecule has 1 atom stereocenters. The molecule has 0 saturated carbocycles. The van der Waals surface area contributed by atoms with Gasteiger partial charge in [-0.3, -0.25) is 0 Å². The quantitative estimate of drug-likeness (QED) is 0.819. The number of allylic oxidation sites excluding steroid dienone is 1. The van der Waals surface area contributed by atoms with Gasteiger partial charge in [-0.15, -0.1) is 6.58 Å². The molecule has 1 heterocycles. The first-order chi connectivity index (χ1) is 8.63. The van der Waals surface area contributed by atoms with Gasteiger partial charge in [-0.25, -0.2) is 4.98 Å². The topological polar surface area (TPSA) is 43.8 Å². The van der Waals surface area contributed by atoms with Crippen molar-refractivity contribution in [2.45, 2.75) is 32.9 Å². The Balaban J connectivity index is 2.47. The third kappa shape index (κ3) is 2.46. The summed E-state index contributed by atoms with van der Waals surface area (Å²) < 4.78 is 2.16. The molecule has 0 spiro atoms. The van der Waals surface area contributed by atoms with E-state index in [4.69, 9.17) is 5.73 Å². The standard InChI is InChI=1S/C15H21N3/c1-4-9-18-14-8-6-5-7-13(14)17-15(18)12(16)10-11(2)3/h4-8,11-12H,1,9-10,16H2,2-3H3. The molecular formula is C15H21N3. The highest BCUT2D eigenvalue weighted by molar-refractivity contribution is 5.76. The molecular weight excluding hydrogens is 222 g/mol. The molecule has 0 bridgehead atoms. The van der Waals surface area contributed by atoms with E-state index in [0.717, 1.165) is 29.8 Å². The number of nitrogens with two attached hydrogens (primary N) is 1. The lowest BCUT2D eigenvalue weighted by atomic mass is 10.0. The number of hydrogen-bond acceptors (Lipinski definition) is 2. The van der Waals surface area contributed by atoms with Crippen molar-refractivity contribution in [2.24, 2.45) is 11.7 Å². The number of rotatable bonds is 5. The average Bonchev–Trinajstić information content (AvgIpc) is 2.68. The van der Waals surface area contributed by atoms with Gasteiger partial charge in [0.25, 0.3) is 0 Å². The molecule has 18 heavy (non-hydrogen) atoms. The maximum absolute atomic E-state index is 6.27. The van der Waals surface area contributed by atoms with Crippen molar-refractivity contribution in [2.75, 3.05) is 0 Å². The Bertz CT molecular complexity index is 540. The first-order valence-electron chi connectivity index (χ1n) is 6.45. The fraction of sp³-hybridized carbons (Fsp3) is 0.400. The van der Waals surface area contributed by atoms with Crippen molar-refractivity contribution >= 4 is 11.0 Å². The van der Waals surface area contributed by atoms with E-state index >= 15 is 0 Å². The predicted octanol–water partition coefficient (Wildman–Crippen LogP) is 3.27. The Kier molecular flexibility index (Phi) is 3.82. The van der Waals surface area contributed by atoms with Gasteiger partial charge in [0.15, 0.2) is 0 Å². The summed E-state index contributed by atoms with van der Waals surface area (Å²) in [5.41, 5.74) is 8.41. The van der Waals surface area contributed by atoms with Gasteiger partial charge >= 0.3 is 0 Å². The molecule has 0 aliphatic heterocycles. The molecule has 2 aromatic rings. The van der Waals surface area contributed by atoms with Gasteiger partial charge in [0, 0.05) is 6.54 Å². The fourth-order valence-electron chi connectivity index (χ4n) is 2.31. The van der Waals surface area contributed by atoms with Crippen molar-refractivity contribution in [3.8, 4) is 0 Å². The van der Waals surface area contributed by atoms with Crippen molar-refractivity contribution in [1.29, 1.82) is 0 Å². The molecule has 1 aromatic heterocycles. The van der Waals surface area contributed by atoms with E-state index in [1.165, 1.54) is 0 Å². The first-order valence-corrected chi connectivity index (χ1v) is 6.45. The summed E-state index contributed by atoms with van der Waals surface area (Å²) in [4.78, 5) is 4.67. The lowest BCUT2D eigenvalue weighted by molar-refractivity contribution is 0.482. The molecule has 1 aromatic carbocycles. The summed E-state index contributed by atoms with van der Waals surface area (Å²) in [5, 5.41) is 0. The van der Waals surface area contributed by atoms with Gasteiger partial charge in [0.1, 0.15) is 5.82 Å². The Morgan fingerprint density at radius 1 is 1.39 bits per heavy atom. The van der Waals surface area contributed by atoms with Crippen LogP contribution in [0, 0.1) is 5.92 Å². The van der Waals surface area contributed by atoms with Crippen LogP contribution in [0.5, 0.6) is 0 Å². The van der Waals surface area contributed by atoms with E-state index < -0.39 is 0 Å². The zero-order valence-electron chi connectivity index (χ0n) is 11.1. The van der Waals surface area contributed by atoms with Gasteiger partial charge in [0.05, 0.1) is 17.1 Å². The van der Waals surface area contributed by atoms with Crippen molar-refractivity contribution < 1.29 is 0 Å². The zero-order chi connectivity index (χ0) is 13.1. The minimum atomic E-state index is -0.0163. The molecule has 0 radical (unpaired) electrons. The number of imidazole rings is 1. The third-order valence-corrected chi connectivity index (χ3v) is 3.05. The second kappa shape index (κ2) is 5.36. The van der Waals surface area contributed by atoms with Gasteiger partial charge < -0.3 is 10.3 Å². The van der Waals surface area contributed by atoms with Crippen LogP contribution in [0.25, 0.3) is 11.0 Å². The van der Waals surface area contributed by atoms with Crippen LogP contribution in [0.4, 0.5) is 0 Å². The molecule has 0 amide bonds. The number of para-hydroxylation sites is 2. The van der Waals surface area contributed by atoms with Crippen LogP contribution >= 0.6 is 0 Å². The summed E-state index contributed by atoms with van der Waals surface area (Å²) >= 11 is 0. The van der Waals surface area contributed by atoms with Crippen LogP contribution in [0.2, 0.25) is 0 Å². The molecule has 3 nitrogen and oxygen atoms in total. The molecule has 2 N–H and O–H groups in total. The highest BCUT2D eigenvalue weighted by Crippen LogP contribution is 2.23. The average molecular weight is 243 g/mol. The highest BCUT2D eigenvalue weighted by atomic mass is 15.1. The van der Waals surface area contributed by atoms with Crippen molar-refractivity contribution in [3.05, 3.63) is 42.7 Å². The van der Waals surface area contributed by atoms with E-state index in [9.17, 15) is 0 Å². The summed E-state index contributed by atoms with van der Waals surface area (Å²) in [6, 6.07) is 8.13. The van der Waals surface area contributed by atoms with Crippen molar-refractivity contribution in [1.82, 2.24) is 9.55 Å². The lowest BCUT2D eigenvalue weighted by Crippen LogP contribution is -2.18. The predicted molar refractivity (Wildman–Crippen MR) is 76.3 cm³/mol. The molecule has 2 rings (SSSR count). The molecule has 0 fully saturated rings. The van der Waals surface area contributed by atoms with Gasteiger partial charge in [-0.2, -0.15) is 0 Å². The molecule has 3 heteroatoms. The summed E-state index contributed by atoms with van der Waals surface area (Å²) in [5.74, 6) is 1.53. The molecule has 0 aliphatic rings. The van der Waals surface area contributed by atoms with E-state index in [0.29, 0.717) is 5.92 Å². The minimum Gasteiger partial charge on any atom is -0.323 e. The zero-order valence-corrected chi connectivity index (χ0v) is 11.1. The Labute approximate surface area is 108 Å². The SMILES string of the molecule is C=CCn1c(C(N)CC(C)C)nc2ccccc21. The Morgan fingerprint density at radius 3 is 2.78 bits per heavy atom. The van der Waals surface area contributed by atoms with Crippen LogP contribution in [-0.4, -0.2) is 9.55 Å². The molecule has 0 saturated heterocycles. The first kappa shape index (κ1) is 12.8. The van der Waals surface area contributed by atoms with Crippen LogP contribution in [0.15, 0.2) is 36.9 Å². The van der Waals surface area contributed by atoms with E-state index in [1.807, 2.05) is 24.3 Å². The number of fused-ring (bicyclic) bond motifs is 1. The molecule has 0 aliphatic carbocycles. The fourth-order valence-corrected chi connectivity index (χ4v) is 2.31. The Hall–Kier alpha value is -1.61. The number of hydrogen-bond donors (Lipinski definition) is 1. The number of aromatic nitrogens is 2. The largest absolute Gasteiger partial charge is 0.323 e. The van der Waals surface area contributed by atoms with Gasteiger partial charge in [-0.05, 0) is 24.5 Å². The van der Waals surface area contributed by atoms with Crippen LogP contribution in [0.3, 0.4) is 0 Å². The van der Waals surface area contributed by atoms with Crippen LogP contribution in [-0.2, 0) is 6.54 Å². The van der Waals surface area contributed by atoms with Crippen LogP contribution in [0.1, 0.15) is 32.1 Å². The van der Waals surface area contributed by atoms with Gasteiger partial charge in [-0.1, -0.05) is 32.1 Å². The van der Waals surface area contributed by atoms with E-state index in [-0.39, 0.29) is 6.04 Å². The normalized spacial score (nSPS) is 13.1. The summed E-state index contributed by atoms with van der Waals surface area (Å²) in [7, 11) is 0.